The molecule has 0 N–H and O–H groups in total. The molecule has 0 fully saturated rings. The number of aryl methyl sites for hydroxylation is 2. The third-order valence-electron chi connectivity index (χ3n) is 3.23. The molecule has 20 heavy (non-hydrogen) atoms. The van der Waals surface area contributed by atoms with Crippen LogP contribution in [0.2, 0.25) is 5.02 Å². The van der Waals surface area contributed by atoms with Gasteiger partial charge in [-0.1, -0.05) is 63.4 Å². The lowest BCUT2D eigenvalue weighted by Crippen LogP contribution is -2.01. The molecule has 1 nitrogen and oxygen atoms in total. The Hall–Kier alpha value is -0.990. The molecule has 0 saturated heterocycles. The second kappa shape index (κ2) is 6.64. The molecule has 0 aliphatic heterocycles. The fraction of sp³-hybridized carbons (Fsp3) is 0.294. The van der Waals surface area contributed by atoms with E-state index in [-0.39, 0.29) is 4.83 Å². The van der Waals surface area contributed by atoms with E-state index in [1.807, 2.05) is 38.1 Å². The van der Waals surface area contributed by atoms with Gasteiger partial charge in [-0.25, -0.2) is 0 Å². The Morgan fingerprint density at radius 1 is 1.15 bits per heavy atom. The van der Waals surface area contributed by atoms with Gasteiger partial charge in [0, 0.05) is 10.6 Å². The Kier molecular flexibility index (Phi) is 5.11. The largest absolute Gasteiger partial charge is 0.494 e. The van der Waals surface area contributed by atoms with Crippen LogP contribution in [0.5, 0.6) is 5.75 Å². The van der Waals surface area contributed by atoms with Crippen LogP contribution in [0.4, 0.5) is 0 Å². The van der Waals surface area contributed by atoms with Crippen molar-refractivity contribution in [2.45, 2.75) is 25.6 Å². The first-order chi connectivity index (χ1) is 9.54. The van der Waals surface area contributed by atoms with Crippen molar-refractivity contribution >= 4 is 27.5 Å². The summed E-state index contributed by atoms with van der Waals surface area (Å²) in [6.07, 6.45) is 0. The zero-order valence-corrected chi connectivity index (χ0v) is 14.3. The zero-order chi connectivity index (χ0) is 14.7. The predicted molar refractivity (Wildman–Crippen MR) is 89.3 cm³/mol. The number of halogens is 2. The van der Waals surface area contributed by atoms with Crippen molar-refractivity contribution in [1.82, 2.24) is 0 Å². The van der Waals surface area contributed by atoms with Gasteiger partial charge in [-0.3, -0.25) is 0 Å². The summed E-state index contributed by atoms with van der Waals surface area (Å²) in [5.41, 5.74) is 4.47. The van der Waals surface area contributed by atoms with E-state index in [4.69, 9.17) is 16.3 Å². The lowest BCUT2D eigenvalue weighted by Gasteiger charge is -2.18. The summed E-state index contributed by atoms with van der Waals surface area (Å²) < 4.78 is 5.73. The third-order valence-corrected chi connectivity index (χ3v) is 4.74. The molecule has 106 valence electrons. The second-order valence-electron chi connectivity index (χ2n) is 4.81. The molecule has 2 aromatic carbocycles. The minimum absolute atomic E-state index is 0.0244. The van der Waals surface area contributed by atoms with Gasteiger partial charge in [0.15, 0.2) is 0 Å². The fourth-order valence-corrected chi connectivity index (χ4v) is 3.29. The molecule has 1 unspecified atom stereocenters. The molecule has 3 heteroatoms. The van der Waals surface area contributed by atoms with Gasteiger partial charge in [0.2, 0.25) is 0 Å². The number of rotatable bonds is 4. The van der Waals surface area contributed by atoms with Gasteiger partial charge in [-0.05, 0) is 38.0 Å². The zero-order valence-electron chi connectivity index (χ0n) is 11.9. The molecule has 0 bridgehead atoms. The predicted octanol–water partition coefficient (Wildman–Crippen LogP) is 5.84. The summed E-state index contributed by atoms with van der Waals surface area (Å²) in [6.45, 7) is 6.74. The van der Waals surface area contributed by atoms with Crippen LogP contribution in [-0.2, 0) is 0 Å². The van der Waals surface area contributed by atoms with E-state index in [1.54, 1.807) is 0 Å². The molecule has 0 aliphatic carbocycles. The highest BCUT2D eigenvalue weighted by Crippen LogP contribution is 2.40. The monoisotopic (exact) mass is 352 g/mol. The van der Waals surface area contributed by atoms with Crippen LogP contribution < -0.4 is 4.74 Å². The van der Waals surface area contributed by atoms with Gasteiger partial charge < -0.3 is 4.74 Å². The number of hydrogen-bond acceptors (Lipinski definition) is 1. The third kappa shape index (κ3) is 3.18. The van der Waals surface area contributed by atoms with Crippen LogP contribution in [0.25, 0.3) is 0 Å². The molecule has 1 atom stereocenters. The molecule has 2 aromatic rings. The molecule has 2 rings (SSSR count). The Balaban J connectivity index is 2.49. The molecule has 0 heterocycles. The van der Waals surface area contributed by atoms with Gasteiger partial charge >= 0.3 is 0 Å². The first-order valence-corrected chi connectivity index (χ1v) is 7.96. The second-order valence-corrected chi connectivity index (χ2v) is 6.11. The molecular formula is C17H18BrClO. The standard InChI is InChI=1S/C17H18BrClO/c1-4-20-15-9-8-11(2)10-14(15)16(18)13-7-5-6-12(3)17(13)19/h5-10,16H,4H2,1-3H3. The maximum atomic E-state index is 6.44. The average molecular weight is 354 g/mol. The van der Waals surface area contributed by atoms with Gasteiger partial charge in [0.1, 0.15) is 5.75 Å². The fourth-order valence-electron chi connectivity index (χ4n) is 2.19. The smallest absolute Gasteiger partial charge is 0.123 e. The molecule has 0 saturated carbocycles. The van der Waals surface area contributed by atoms with Gasteiger partial charge in [-0.2, -0.15) is 0 Å². The normalized spacial score (nSPS) is 12.2. The minimum atomic E-state index is 0.0244. The minimum Gasteiger partial charge on any atom is -0.494 e. The van der Waals surface area contributed by atoms with Gasteiger partial charge in [0.05, 0.1) is 11.4 Å². The molecule has 0 radical (unpaired) electrons. The lowest BCUT2D eigenvalue weighted by molar-refractivity contribution is 0.337. The number of benzene rings is 2. The summed E-state index contributed by atoms with van der Waals surface area (Å²) in [6, 6.07) is 12.3. The van der Waals surface area contributed by atoms with Crippen molar-refractivity contribution in [2.75, 3.05) is 6.61 Å². The van der Waals surface area contributed by atoms with E-state index in [2.05, 4.69) is 35.0 Å². The molecule has 0 spiro atoms. The summed E-state index contributed by atoms with van der Waals surface area (Å²) in [7, 11) is 0. The Labute approximate surface area is 134 Å². The van der Waals surface area contributed by atoms with Crippen molar-refractivity contribution in [1.29, 1.82) is 0 Å². The van der Waals surface area contributed by atoms with Crippen LogP contribution in [0.15, 0.2) is 36.4 Å². The first kappa shape index (κ1) is 15.4. The maximum Gasteiger partial charge on any atom is 0.123 e. The van der Waals surface area contributed by atoms with Crippen molar-refractivity contribution in [3.63, 3.8) is 0 Å². The topological polar surface area (TPSA) is 9.23 Å². The Morgan fingerprint density at radius 3 is 2.60 bits per heavy atom. The van der Waals surface area contributed by atoms with Crippen LogP contribution in [0.3, 0.4) is 0 Å². The molecule has 0 aromatic heterocycles. The van der Waals surface area contributed by atoms with Crippen LogP contribution in [-0.4, -0.2) is 6.61 Å². The lowest BCUT2D eigenvalue weighted by atomic mass is 10.0. The van der Waals surface area contributed by atoms with Crippen molar-refractivity contribution < 1.29 is 4.74 Å². The van der Waals surface area contributed by atoms with E-state index in [0.717, 1.165) is 27.5 Å². The first-order valence-electron chi connectivity index (χ1n) is 6.67. The Bertz CT molecular complexity index is 610. The van der Waals surface area contributed by atoms with Crippen molar-refractivity contribution in [3.05, 3.63) is 63.7 Å². The SMILES string of the molecule is CCOc1ccc(C)cc1C(Br)c1cccc(C)c1Cl. The van der Waals surface area contributed by atoms with E-state index in [9.17, 15) is 0 Å². The van der Waals surface area contributed by atoms with Crippen LogP contribution in [0.1, 0.15) is 34.0 Å². The van der Waals surface area contributed by atoms with Crippen LogP contribution >= 0.6 is 27.5 Å². The average Bonchev–Trinajstić information content (AvgIpc) is 2.43. The maximum absolute atomic E-state index is 6.44. The van der Waals surface area contributed by atoms with Crippen molar-refractivity contribution in [3.8, 4) is 5.75 Å². The summed E-state index contributed by atoms with van der Waals surface area (Å²) >= 11 is 10.2. The van der Waals surface area contributed by atoms with Gasteiger partial charge in [-0.15, -0.1) is 0 Å². The van der Waals surface area contributed by atoms with Gasteiger partial charge in [0.25, 0.3) is 0 Å². The highest BCUT2D eigenvalue weighted by molar-refractivity contribution is 9.09. The molecule has 0 aliphatic rings. The van der Waals surface area contributed by atoms with E-state index < -0.39 is 0 Å². The van der Waals surface area contributed by atoms with Crippen molar-refractivity contribution in [2.24, 2.45) is 0 Å². The number of ether oxygens (including phenoxy) is 1. The van der Waals surface area contributed by atoms with E-state index in [1.165, 1.54) is 5.56 Å². The van der Waals surface area contributed by atoms with E-state index >= 15 is 0 Å². The van der Waals surface area contributed by atoms with E-state index in [0.29, 0.717) is 6.61 Å². The highest BCUT2D eigenvalue weighted by atomic mass is 79.9. The number of hydrogen-bond donors (Lipinski definition) is 0. The Morgan fingerprint density at radius 2 is 1.90 bits per heavy atom. The molecule has 0 amide bonds. The van der Waals surface area contributed by atoms with Crippen LogP contribution in [0, 0.1) is 13.8 Å². The summed E-state index contributed by atoms with van der Waals surface area (Å²) in [4.78, 5) is 0.0244. The summed E-state index contributed by atoms with van der Waals surface area (Å²) in [5, 5.41) is 0.804. The highest BCUT2D eigenvalue weighted by Gasteiger charge is 2.18. The number of alkyl halides is 1. The summed E-state index contributed by atoms with van der Waals surface area (Å²) in [5.74, 6) is 0.901. The quantitative estimate of drug-likeness (QED) is 0.627. The molecular weight excluding hydrogens is 336 g/mol.